The van der Waals surface area contributed by atoms with E-state index in [1.54, 1.807) is 0 Å². The molecule has 3 heterocycles. The summed E-state index contributed by atoms with van der Waals surface area (Å²) in [6, 6.07) is 9.48. The molecular formula is C18H25N3OS. The van der Waals surface area contributed by atoms with Crippen LogP contribution in [0.25, 0.3) is 0 Å². The van der Waals surface area contributed by atoms with Gasteiger partial charge in [0.2, 0.25) is 0 Å². The van der Waals surface area contributed by atoms with Crippen molar-refractivity contribution in [1.82, 2.24) is 15.5 Å². The molecule has 2 fully saturated rings. The number of nitrogens with one attached hydrogen (secondary N) is 2. The third-order valence-corrected chi connectivity index (χ3v) is 6.56. The lowest BCUT2D eigenvalue weighted by Gasteiger charge is -2.33. The number of urea groups is 1. The minimum atomic E-state index is 0.00845. The number of piperidine rings is 1. The van der Waals surface area contributed by atoms with E-state index < -0.39 is 0 Å². The molecule has 1 aromatic rings. The quantitative estimate of drug-likeness (QED) is 0.875. The van der Waals surface area contributed by atoms with Crippen molar-refractivity contribution < 1.29 is 4.79 Å². The van der Waals surface area contributed by atoms with E-state index in [1.165, 1.54) is 36.3 Å². The van der Waals surface area contributed by atoms with Crippen molar-refractivity contribution in [3.63, 3.8) is 0 Å². The first-order valence-corrected chi connectivity index (χ1v) is 9.82. The summed E-state index contributed by atoms with van der Waals surface area (Å²) in [4.78, 5) is 16.4. The predicted molar refractivity (Wildman–Crippen MR) is 93.8 cm³/mol. The van der Waals surface area contributed by atoms with Crippen molar-refractivity contribution >= 4 is 17.8 Å². The average Bonchev–Trinajstić information content (AvgIpc) is 2.98. The summed E-state index contributed by atoms with van der Waals surface area (Å²) in [6.07, 6.45) is 5.94. The molecule has 3 aliphatic heterocycles. The number of rotatable bonds is 2. The fourth-order valence-electron chi connectivity index (χ4n) is 4.28. The number of nitrogens with zero attached hydrogens (tertiary/aromatic N) is 1. The lowest BCUT2D eigenvalue weighted by molar-refractivity contribution is 0.178. The van der Waals surface area contributed by atoms with Crippen LogP contribution in [0, 0.1) is 0 Å². The highest BCUT2D eigenvalue weighted by Gasteiger charge is 2.36. The summed E-state index contributed by atoms with van der Waals surface area (Å²) in [7, 11) is 0. The molecule has 1 aromatic carbocycles. The summed E-state index contributed by atoms with van der Waals surface area (Å²) in [5.41, 5.74) is 1.27. The average molecular weight is 331 g/mol. The second-order valence-corrected chi connectivity index (χ2v) is 7.98. The van der Waals surface area contributed by atoms with Gasteiger partial charge in [0.25, 0.3) is 0 Å². The monoisotopic (exact) mass is 331 g/mol. The standard InChI is InChI=1S/C18H25N3OS/c22-18(20-15-8-11-21-10-4-3-6-16(15)21)19-14-9-12-23-17-7-2-1-5-13(14)17/h1-2,5,7,14-16H,3-4,6,8-12H2,(H2,19,20,22)/t14-,15+,16+/m1/s1. The molecule has 3 atom stereocenters. The lowest BCUT2D eigenvalue weighted by atomic mass is 9.99. The molecule has 3 aliphatic rings. The number of amides is 2. The van der Waals surface area contributed by atoms with Crippen LogP contribution in [0.15, 0.2) is 29.2 Å². The third-order valence-electron chi connectivity index (χ3n) is 5.44. The first-order chi connectivity index (χ1) is 11.3. The van der Waals surface area contributed by atoms with Crippen LogP contribution in [0.1, 0.15) is 43.7 Å². The van der Waals surface area contributed by atoms with Gasteiger partial charge in [0.05, 0.1) is 6.04 Å². The van der Waals surface area contributed by atoms with Gasteiger partial charge in [0, 0.05) is 29.3 Å². The van der Waals surface area contributed by atoms with Gasteiger partial charge in [-0.05, 0) is 43.9 Å². The second-order valence-electron chi connectivity index (χ2n) is 6.84. The Labute approximate surface area is 142 Å². The lowest BCUT2D eigenvalue weighted by Crippen LogP contribution is -2.50. The molecule has 2 amide bonds. The van der Waals surface area contributed by atoms with E-state index >= 15 is 0 Å². The smallest absolute Gasteiger partial charge is 0.315 e. The maximum atomic E-state index is 12.5. The summed E-state index contributed by atoms with van der Waals surface area (Å²) in [6.45, 7) is 2.34. The number of carbonyl (C=O) groups is 1. The molecule has 5 heteroatoms. The highest BCUT2D eigenvalue weighted by molar-refractivity contribution is 7.99. The zero-order chi connectivity index (χ0) is 15.6. The summed E-state index contributed by atoms with van der Waals surface area (Å²) in [5, 5.41) is 6.47. The highest BCUT2D eigenvalue weighted by Crippen LogP contribution is 2.35. The third kappa shape index (κ3) is 3.22. The number of hydrogen-bond acceptors (Lipinski definition) is 3. The van der Waals surface area contributed by atoms with E-state index in [9.17, 15) is 4.79 Å². The normalized spacial score (nSPS) is 30.3. The molecule has 0 aliphatic carbocycles. The Morgan fingerprint density at radius 3 is 2.96 bits per heavy atom. The van der Waals surface area contributed by atoms with Gasteiger partial charge in [-0.3, -0.25) is 4.90 Å². The van der Waals surface area contributed by atoms with Gasteiger partial charge in [0.1, 0.15) is 0 Å². The number of benzene rings is 1. The zero-order valence-corrected chi connectivity index (χ0v) is 14.3. The van der Waals surface area contributed by atoms with Crippen LogP contribution in [0.2, 0.25) is 0 Å². The van der Waals surface area contributed by atoms with Gasteiger partial charge in [-0.15, -0.1) is 11.8 Å². The highest BCUT2D eigenvalue weighted by atomic mass is 32.2. The molecule has 4 nitrogen and oxygen atoms in total. The Morgan fingerprint density at radius 2 is 2.00 bits per heavy atom. The van der Waals surface area contributed by atoms with Crippen molar-refractivity contribution in [2.24, 2.45) is 0 Å². The number of thioether (sulfide) groups is 1. The van der Waals surface area contributed by atoms with Crippen molar-refractivity contribution in [3.8, 4) is 0 Å². The van der Waals surface area contributed by atoms with Crippen molar-refractivity contribution in [2.45, 2.75) is 55.1 Å². The molecule has 4 rings (SSSR count). The van der Waals surface area contributed by atoms with Crippen LogP contribution in [0.4, 0.5) is 4.79 Å². The van der Waals surface area contributed by atoms with Crippen LogP contribution in [0.5, 0.6) is 0 Å². The largest absolute Gasteiger partial charge is 0.334 e. The fourth-order valence-corrected chi connectivity index (χ4v) is 5.40. The van der Waals surface area contributed by atoms with Gasteiger partial charge in [-0.25, -0.2) is 4.79 Å². The Hall–Kier alpha value is -1.20. The maximum Gasteiger partial charge on any atom is 0.315 e. The Morgan fingerprint density at radius 1 is 1.09 bits per heavy atom. The number of fused-ring (bicyclic) bond motifs is 2. The van der Waals surface area contributed by atoms with E-state index in [1.807, 2.05) is 11.8 Å². The van der Waals surface area contributed by atoms with E-state index in [0.717, 1.165) is 25.1 Å². The van der Waals surface area contributed by atoms with E-state index in [4.69, 9.17) is 0 Å². The van der Waals surface area contributed by atoms with Crippen molar-refractivity contribution in [3.05, 3.63) is 29.8 Å². The Kier molecular flexibility index (Phi) is 4.49. The molecule has 0 aromatic heterocycles. The zero-order valence-electron chi connectivity index (χ0n) is 13.5. The van der Waals surface area contributed by atoms with E-state index in [2.05, 4.69) is 39.8 Å². The molecule has 124 valence electrons. The van der Waals surface area contributed by atoms with Crippen molar-refractivity contribution in [1.29, 1.82) is 0 Å². The summed E-state index contributed by atoms with van der Waals surface area (Å²) in [5.74, 6) is 1.07. The van der Waals surface area contributed by atoms with Crippen LogP contribution < -0.4 is 10.6 Å². The molecule has 23 heavy (non-hydrogen) atoms. The topological polar surface area (TPSA) is 44.4 Å². The SMILES string of the molecule is O=C(N[C@H]1CCN2CCCC[C@@H]12)N[C@@H]1CCSc2ccccc21. The van der Waals surface area contributed by atoms with Gasteiger partial charge >= 0.3 is 6.03 Å². The molecule has 2 saturated heterocycles. The Bertz CT molecular complexity index is 579. The summed E-state index contributed by atoms with van der Waals surface area (Å²) < 4.78 is 0. The van der Waals surface area contributed by atoms with E-state index in [0.29, 0.717) is 12.1 Å². The summed E-state index contributed by atoms with van der Waals surface area (Å²) >= 11 is 1.89. The van der Waals surface area contributed by atoms with E-state index in [-0.39, 0.29) is 12.1 Å². The first kappa shape index (κ1) is 15.3. The first-order valence-electron chi connectivity index (χ1n) is 8.84. The van der Waals surface area contributed by atoms with Gasteiger partial charge in [-0.1, -0.05) is 24.6 Å². The molecule has 0 spiro atoms. The van der Waals surface area contributed by atoms with Crippen molar-refractivity contribution in [2.75, 3.05) is 18.8 Å². The van der Waals surface area contributed by atoms with Crippen LogP contribution in [-0.4, -0.2) is 41.9 Å². The minimum absolute atomic E-state index is 0.00845. The molecule has 0 bridgehead atoms. The predicted octanol–water partition coefficient (Wildman–Crippen LogP) is 3.15. The molecular weight excluding hydrogens is 306 g/mol. The van der Waals surface area contributed by atoms with Gasteiger partial charge in [-0.2, -0.15) is 0 Å². The molecule has 0 unspecified atom stereocenters. The van der Waals surface area contributed by atoms with Crippen LogP contribution >= 0.6 is 11.8 Å². The van der Waals surface area contributed by atoms with Crippen LogP contribution in [0.3, 0.4) is 0 Å². The van der Waals surface area contributed by atoms with Crippen LogP contribution in [-0.2, 0) is 0 Å². The molecule has 2 N–H and O–H groups in total. The minimum Gasteiger partial charge on any atom is -0.334 e. The second kappa shape index (κ2) is 6.73. The fraction of sp³-hybridized carbons (Fsp3) is 0.611. The Balaban J connectivity index is 1.37. The number of carbonyl (C=O) groups excluding carboxylic acids is 1. The maximum absolute atomic E-state index is 12.5. The van der Waals surface area contributed by atoms with Gasteiger partial charge < -0.3 is 10.6 Å². The molecule has 0 radical (unpaired) electrons. The number of hydrogen-bond donors (Lipinski definition) is 2. The van der Waals surface area contributed by atoms with Gasteiger partial charge in [0.15, 0.2) is 0 Å². The molecule has 0 saturated carbocycles.